The second kappa shape index (κ2) is 8.73. The number of benzene rings is 2. The number of aryl methyl sites for hydroxylation is 3. The molecule has 25 heavy (non-hydrogen) atoms. The van der Waals surface area contributed by atoms with E-state index in [0.717, 1.165) is 5.30 Å². The molecule has 134 valence electrons. The molecule has 0 aliphatic heterocycles. The van der Waals surface area contributed by atoms with Crippen LogP contribution in [0.3, 0.4) is 0 Å². The number of alkyl halides is 3. The molecule has 0 N–H and O–H groups in total. The maximum Gasteiger partial charge on any atom is 0.331 e. The van der Waals surface area contributed by atoms with Gasteiger partial charge in [-0.3, -0.25) is 0 Å². The molecular formula is C19H20Cl3O2P. The van der Waals surface area contributed by atoms with Crippen molar-refractivity contribution in [2.45, 2.75) is 30.7 Å². The van der Waals surface area contributed by atoms with E-state index in [-0.39, 0.29) is 12.3 Å². The fraction of sp³-hybridized carbons (Fsp3) is 0.316. The molecule has 0 aromatic heterocycles. The highest BCUT2D eigenvalue weighted by molar-refractivity contribution is 7.80. The predicted octanol–water partition coefficient (Wildman–Crippen LogP) is 6.43. The molecule has 0 heterocycles. The first-order valence-electron chi connectivity index (χ1n) is 7.80. The zero-order valence-electron chi connectivity index (χ0n) is 14.4. The minimum Gasteiger partial charge on any atom is -0.458 e. The fourth-order valence-corrected chi connectivity index (χ4v) is 4.96. The van der Waals surface area contributed by atoms with Crippen molar-refractivity contribution in [1.29, 1.82) is 0 Å². The largest absolute Gasteiger partial charge is 0.458 e. The summed E-state index contributed by atoms with van der Waals surface area (Å²) in [6.45, 7) is 5.95. The van der Waals surface area contributed by atoms with Crippen molar-refractivity contribution in [3.05, 3.63) is 64.7 Å². The molecule has 0 amide bonds. The van der Waals surface area contributed by atoms with Crippen molar-refractivity contribution in [1.82, 2.24) is 0 Å². The van der Waals surface area contributed by atoms with Crippen LogP contribution >= 0.6 is 42.7 Å². The van der Waals surface area contributed by atoms with E-state index in [2.05, 4.69) is 32.9 Å². The highest BCUT2D eigenvalue weighted by Gasteiger charge is 2.28. The Hall–Kier alpha value is -0.790. The Bertz CT molecular complexity index is 719. The highest BCUT2D eigenvalue weighted by atomic mass is 35.6. The lowest BCUT2D eigenvalue weighted by Crippen LogP contribution is -2.19. The summed E-state index contributed by atoms with van der Waals surface area (Å²) in [5.74, 6) is 0. The summed E-state index contributed by atoms with van der Waals surface area (Å²) in [7, 11) is -1.23. The van der Waals surface area contributed by atoms with Gasteiger partial charge in [0.1, 0.15) is 6.61 Å². The molecule has 0 saturated heterocycles. The first kappa shape index (κ1) is 20.5. The number of rotatable bonds is 5. The Morgan fingerprint density at radius 1 is 1.04 bits per heavy atom. The van der Waals surface area contributed by atoms with Crippen LogP contribution in [0, 0.1) is 20.8 Å². The van der Waals surface area contributed by atoms with E-state index < -0.39 is 11.7 Å². The summed E-state index contributed by atoms with van der Waals surface area (Å²) in [6.07, 6.45) is 0.607. The molecule has 0 saturated carbocycles. The Morgan fingerprint density at radius 3 is 2.12 bits per heavy atom. The summed E-state index contributed by atoms with van der Waals surface area (Å²) < 4.78 is 3.68. The van der Waals surface area contributed by atoms with E-state index in [1.807, 2.05) is 30.3 Å². The van der Waals surface area contributed by atoms with E-state index in [4.69, 9.17) is 39.5 Å². The summed E-state index contributed by atoms with van der Waals surface area (Å²) >= 11 is 17.2. The van der Waals surface area contributed by atoms with Gasteiger partial charge in [0.05, 0.1) is 0 Å². The number of halogens is 3. The lowest BCUT2D eigenvalue weighted by molar-refractivity contribution is 0.176. The number of ether oxygens (including phenoxy) is 1. The van der Waals surface area contributed by atoms with Crippen LogP contribution in [0.2, 0.25) is 0 Å². The number of carbonyl (C=O) groups is 1. The van der Waals surface area contributed by atoms with Gasteiger partial charge in [0, 0.05) is 14.1 Å². The van der Waals surface area contributed by atoms with E-state index in [9.17, 15) is 4.79 Å². The molecule has 0 aliphatic carbocycles. The molecular weight excluding hydrogens is 398 g/mol. The van der Waals surface area contributed by atoms with Crippen molar-refractivity contribution in [2.24, 2.45) is 0 Å². The second-order valence-electron chi connectivity index (χ2n) is 5.97. The molecule has 2 aromatic rings. The van der Waals surface area contributed by atoms with Crippen molar-refractivity contribution in [2.75, 3.05) is 6.61 Å². The molecule has 1 unspecified atom stereocenters. The van der Waals surface area contributed by atoms with Gasteiger partial charge in [-0.15, -0.1) is 0 Å². The topological polar surface area (TPSA) is 26.3 Å². The third-order valence-corrected chi connectivity index (χ3v) is 6.26. The predicted molar refractivity (Wildman–Crippen MR) is 109 cm³/mol. The third kappa shape index (κ3) is 6.15. The molecule has 0 bridgehead atoms. The molecule has 0 aliphatic rings. The van der Waals surface area contributed by atoms with E-state index in [0.29, 0.717) is 6.16 Å². The lowest BCUT2D eigenvalue weighted by Gasteiger charge is -2.21. The van der Waals surface area contributed by atoms with Gasteiger partial charge in [-0.1, -0.05) is 82.8 Å². The van der Waals surface area contributed by atoms with Crippen LogP contribution in [-0.2, 0) is 10.9 Å². The van der Waals surface area contributed by atoms with Crippen LogP contribution in [0.1, 0.15) is 22.3 Å². The zero-order valence-corrected chi connectivity index (χ0v) is 17.5. The van der Waals surface area contributed by atoms with Gasteiger partial charge < -0.3 is 4.74 Å². The molecule has 6 heteroatoms. The average Bonchev–Trinajstić information content (AvgIpc) is 2.52. The number of hydrogen-bond acceptors (Lipinski definition) is 2. The van der Waals surface area contributed by atoms with Crippen LogP contribution in [-0.4, -0.2) is 16.1 Å². The summed E-state index contributed by atoms with van der Waals surface area (Å²) in [5.41, 5.74) is 4.41. The first-order chi connectivity index (χ1) is 11.7. The Labute approximate surface area is 165 Å². The minimum absolute atomic E-state index is 0.256. The second-order valence-corrected chi connectivity index (χ2v) is 10.5. The van der Waals surface area contributed by atoms with E-state index in [1.165, 1.54) is 22.3 Å². The monoisotopic (exact) mass is 416 g/mol. The molecule has 2 nitrogen and oxygen atoms in total. The van der Waals surface area contributed by atoms with Gasteiger partial charge in [0.2, 0.25) is 3.79 Å². The van der Waals surface area contributed by atoms with Crippen molar-refractivity contribution < 1.29 is 9.53 Å². The van der Waals surface area contributed by atoms with Crippen LogP contribution in [0.25, 0.3) is 0 Å². The fourth-order valence-electron chi connectivity index (χ4n) is 2.71. The molecule has 2 rings (SSSR count). The van der Waals surface area contributed by atoms with Crippen molar-refractivity contribution in [3.63, 3.8) is 0 Å². The molecule has 2 aromatic carbocycles. The van der Waals surface area contributed by atoms with Crippen LogP contribution < -0.4 is 5.30 Å². The Kier molecular flexibility index (Phi) is 7.17. The summed E-state index contributed by atoms with van der Waals surface area (Å²) in [4.78, 5) is 12.7. The Balaban J connectivity index is 2.32. The van der Waals surface area contributed by atoms with Crippen LogP contribution in [0.5, 0.6) is 0 Å². The summed E-state index contributed by atoms with van der Waals surface area (Å²) in [6, 6.07) is 13.9. The van der Waals surface area contributed by atoms with Gasteiger partial charge in [0.15, 0.2) is 0 Å². The zero-order chi connectivity index (χ0) is 18.6. The number of hydrogen-bond donors (Lipinski definition) is 0. The quantitative estimate of drug-likeness (QED) is 0.414. The molecule has 0 spiro atoms. The van der Waals surface area contributed by atoms with Gasteiger partial charge >= 0.3 is 5.71 Å². The molecule has 1 atom stereocenters. The van der Waals surface area contributed by atoms with Gasteiger partial charge in [-0.25, -0.2) is 4.79 Å². The SMILES string of the molecule is Cc1cc(C)c(CP(C(=O)OCC(Cl)(Cl)Cl)c2ccccc2)c(C)c1. The Morgan fingerprint density at radius 2 is 1.60 bits per heavy atom. The highest BCUT2D eigenvalue weighted by Crippen LogP contribution is 2.43. The smallest absolute Gasteiger partial charge is 0.331 e. The van der Waals surface area contributed by atoms with Gasteiger partial charge in [0.25, 0.3) is 0 Å². The number of carbonyl (C=O) groups excluding carboxylic acids is 1. The van der Waals surface area contributed by atoms with E-state index in [1.54, 1.807) is 0 Å². The maximum atomic E-state index is 12.7. The summed E-state index contributed by atoms with van der Waals surface area (Å²) in [5, 5.41) is 0.950. The molecule has 0 fully saturated rings. The third-order valence-electron chi connectivity index (χ3n) is 3.80. The van der Waals surface area contributed by atoms with Gasteiger partial charge in [-0.05, 0) is 42.8 Å². The van der Waals surface area contributed by atoms with Crippen LogP contribution in [0.4, 0.5) is 4.79 Å². The van der Waals surface area contributed by atoms with Gasteiger partial charge in [-0.2, -0.15) is 0 Å². The maximum absolute atomic E-state index is 12.7. The minimum atomic E-state index is -1.61. The standard InChI is InChI=1S/C19H20Cl3O2P/c1-13-9-14(2)17(15(3)10-13)11-25(16-7-5-4-6-8-16)18(23)24-12-19(20,21)22/h4-10H,11-12H2,1-3H3. The van der Waals surface area contributed by atoms with E-state index >= 15 is 0 Å². The average molecular weight is 418 g/mol. The van der Waals surface area contributed by atoms with Crippen molar-refractivity contribution >= 4 is 53.7 Å². The van der Waals surface area contributed by atoms with Crippen LogP contribution in [0.15, 0.2) is 42.5 Å². The molecule has 0 radical (unpaired) electrons. The normalized spacial score (nSPS) is 12.7. The first-order valence-corrected chi connectivity index (χ1v) is 10.5. The lowest BCUT2D eigenvalue weighted by atomic mass is 10.0. The van der Waals surface area contributed by atoms with Crippen molar-refractivity contribution in [3.8, 4) is 0 Å².